The standard InChI is InChI=1S/C26H20N2O3S/c1-17-23(29)19-11-7-12-20(25(19)31-24(17)18-9-3-2-4-10-18)26(30)28-21-13-5-6-14-22(21)32-16-8-15-27/h2-7,9-14H,8,16H2,1H3,(H,28,30). The number of nitrogens with zero attached hydrogens (tertiary/aromatic N) is 1. The second kappa shape index (κ2) is 9.54. The highest BCUT2D eigenvalue weighted by Gasteiger charge is 2.19. The summed E-state index contributed by atoms with van der Waals surface area (Å²) in [5.41, 5.74) is 2.31. The first-order chi connectivity index (χ1) is 15.6. The number of thioether (sulfide) groups is 1. The molecule has 0 aliphatic carbocycles. The molecule has 0 fully saturated rings. The van der Waals surface area contributed by atoms with E-state index in [1.807, 2.05) is 54.6 Å². The van der Waals surface area contributed by atoms with Crippen molar-refractivity contribution in [3.8, 4) is 17.4 Å². The van der Waals surface area contributed by atoms with E-state index in [0.29, 0.717) is 34.6 Å². The van der Waals surface area contributed by atoms with Gasteiger partial charge in [-0.15, -0.1) is 11.8 Å². The maximum Gasteiger partial charge on any atom is 0.259 e. The number of hydrogen-bond acceptors (Lipinski definition) is 5. The number of amides is 1. The fraction of sp³-hybridized carbons (Fsp3) is 0.115. The minimum atomic E-state index is -0.366. The van der Waals surface area contributed by atoms with Gasteiger partial charge in [-0.25, -0.2) is 0 Å². The van der Waals surface area contributed by atoms with Gasteiger partial charge in [0, 0.05) is 28.2 Å². The van der Waals surface area contributed by atoms with Crippen LogP contribution >= 0.6 is 11.8 Å². The van der Waals surface area contributed by atoms with Crippen LogP contribution in [0.1, 0.15) is 22.3 Å². The van der Waals surface area contributed by atoms with Crippen LogP contribution in [0.5, 0.6) is 0 Å². The Hall–Kier alpha value is -3.82. The molecule has 0 radical (unpaired) electrons. The summed E-state index contributed by atoms with van der Waals surface area (Å²) in [6, 6.07) is 23.9. The molecule has 0 spiro atoms. The van der Waals surface area contributed by atoms with E-state index in [4.69, 9.17) is 9.68 Å². The SMILES string of the molecule is Cc1c(-c2ccccc2)oc2c(C(=O)Nc3ccccc3SCCC#N)cccc2c1=O. The number of carbonyl (C=O) groups is 1. The van der Waals surface area contributed by atoms with Gasteiger partial charge < -0.3 is 9.73 Å². The van der Waals surface area contributed by atoms with Crippen LogP contribution in [0.15, 0.2) is 86.9 Å². The van der Waals surface area contributed by atoms with Crippen LogP contribution in [0.25, 0.3) is 22.3 Å². The fourth-order valence-electron chi connectivity index (χ4n) is 3.45. The zero-order valence-corrected chi connectivity index (χ0v) is 18.2. The third kappa shape index (κ3) is 4.29. The maximum absolute atomic E-state index is 13.2. The zero-order valence-electron chi connectivity index (χ0n) is 17.4. The largest absolute Gasteiger partial charge is 0.455 e. The van der Waals surface area contributed by atoms with E-state index < -0.39 is 0 Å². The predicted octanol–water partition coefficient (Wildman–Crippen LogP) is 6.03. The van der Waals surface area contributed by atoms with Crippen LogP contribution in [0.4, 0.5) is 5.69 Å². The molecule has 4 aromatic rings. The topological polar surface area (TPSA) is 83.1 Å². The molecule has 4 rings (SSSR count). The molecular formula is C26H20N2O3S. The molecular weight excluding hydrogens is 420 g/mol. The molecule has 0 saturated heterocycles. The van der Waals surface area contributed by atoms with Crippen LogP contribution in [0.2, 0.25) is 0 Å². The number of hydrogen-bond donors (Lipinski definition) is 1. The number of rotatable bonds is 6. The van der Waals surface area contributed by atoms with Crippen LogP contribution < -0.4 is 10.7 Å². The molecule has 158 valence electrons. The van der Waals surface area contributed by atoms with E-state index in [0.717, 1.165) is 10.5 Å². The number of anilines is 1. The van der Waals surface area contributed by atoms with Gasteiger partial charge >= 0.3 is 0 Å². The number of carbonyl (C=O) groups excluding carboxylic acids is 1. The molecule has 0 unspecified atom stereocenters. The number of nitriles is 1. The molecule has 0 saturated carbocycles. The smallest absolute Gasteiger partial charge is 0.259 e. The lowest BCUT2D eigenvalue weighted by Gasteiger charge is -2.12. The van der Waals surface area contributed by atoms with E-state index >= 15 is 0 Å². The van der Waals surface area contributed by atoms with Gasteiger partial charge in [-0.05, 0) is 31.2 Å². The van der Waals surface area contributed by atoms with Gasteiger partial charge in [0.2, 0.25) is 0 Å². The number of benzene rings is 3. The van der Waals surface area contributed by atoms with Gasteiger partial charge in [-0.2, -0.15) is 5.26 Å². The summed E-state index contributed by atoms with van der Waals surface area (Å²) in [6.45, 7) is 1.73. The normalized spacial score (nSPS) is 10.6. The molecule has 1 aromatic heterocycles. The van der Waals surface area contributed by atoms with E-state index in [1.165, 1.54) is 11.8 Å². The van der Waals surface area contributed by atoms with E-state index in [1.54, 1.807) is 25.1 Å². The highest BCUT2D eigenvalue weighted by Crippen LogP contribution is 2.30. The van der Waals surface area contributed by atoms with Crippen LogP contribution in [0, 0.1) is 18.3 Å². The maximum atomic E-state index is 13.2. The first-order valence-electron chi connectivity index (χ1n) is 10.1. The van der Waals surface area contributed by atoms with Crippen LogP contribution in [0.3, 0.4) is 0 Å². The van der Waals surface area contributed by atoms with Crippen molar-refractivity contribution in [2.45, 2.75) is 18.2 Å². The van der Waals surface area contributed by atoms with Gasteiger partial charge in [0.15, 0.2) is 11.0 Å². The van der Waals surface area contributed by atoms with Crippen LogP contribution in [-0.2, 0) is 0 Å². The van der Waals surface area contributed by atoms with E-state index in [2.05, 4.69) is 11.4 Å². The lowest BCUT2D eigenvalue weighted by atomic mass is 10.0. The summed E-state index contributed by atoms with van der Waals surface area (Å²) in [5, 5.41) is 12.1. The number of fused-ring (bicyclic) bond motifs is 1. The van der Waals surface area contributed by atoms with Crippen molar-refractivity contribution in [1.82, 2.24) is 0 Å². The summed E-state index contributed by atoms with van der Waals surface area (Å²) < 4.78 is 6.16. The van der Waals surface area contributed by atoms with Gasteiger partial charge in [0.25, 0.3) is 5.91 Å². The minimum Gasteiger partial charge on any atom is -0.455 e. The quantitative estimate of drug-likeness (QED) is 0.292. The molecule has 32 heavy (non-hydrogen) atoms. The van der Waals surface area contributed by atoms with Gasteiger partial charge in [-0.1, -0.05) is 48.5 Å². The van der Waals surface area contributed by atoms with E-state index in [9.17, 15) is 9.59 Å². The van der Waals surface area contributed by atoms with Crippen molar-refractivity contribution >= 4 is 34.3 Å². The van der Waals surface area contributed by atoms with Gasteiger partial charge in [0.05, 0.1) is 22.7 Å². The highest BCUT2D eigenvalue weighted by molar-refractivity contribution is 7.99. The Morgan fingerprint density at radius 2 is 1.78 bits per heavy atom. The second-order valence-corrected chi connectivity index (χ2v) is 8.28. The molecule has 0 aliphatic rings. The highest BCUT2D eigenvalue weighted by atomic mass is 32.2. The van der Waals surface area contributed by atoms with Crippen molar-refractivity contribution in [1.29, 1.82) is 5.26 Å². The minimum absolute atomic E-state index is 0.160. The van der Waals surface area contributed by atoms with Gasteiger partial charge in [-0.3, -0.25) is 9.59 Å². The Bertz CT molecular complexity index is 1390. The molecule has 0 bridgehead atoms. The summed E-state index contributed by atoms with van der Waals surface area (Å²) in [5.74, 6) is 0.720. The van der Waals surface area contributed by atoms with Crippen molar-refractivity contribution in [2.75, 3.05) is 11.1 Å². The molecule has 6 heteroatoms. The molecule has 5 nitrogen and oxygen atoms in total. The average molecular weight is 441 g/mol. The first kappa shape index (κ1) is 21.4. The lowest BCUT2D eigenvalue weighted by molar-refractivity contribution is 0.102. The number of para-hydroxylation sites is 2. The Morgan fingerprint density at radius 3 is 2.56 bits per heavy atom. The molecule has 1 N–H and O–H groups in total. The van der Waals surface area contributed by atoms with Gasteiger partial charge in [0.1, 0.15) is 5.76 Å². The Kier molecular flexibility index (Phi) is 6.39. The summed E-state index contributed by atoms with van der Waals surface area (Å²) in [7, 11) is 0. The van der Waals surface area contributed by atoms with Crippen molar-refractivity contribution in [3.63, 3.8) is 0 Å². The zero-order chi connectivity index (χ0) is 22.5. The molecule has 0 aliphatic heterocycles. The summed E-state index contributed by atoms with van der Waals surface area (Å²) >= 11 is 1.51. The molecule has 1 heterocycles. The monoisotopic (exact) mass is 440 g/mol. The summed E-state index contributed by atoms with van der Waals surface area (Å²) in [6.07, 6.45) is 0.420. The predicted molar refractivity (Wildman–Crippen MR) is 128 cm³/mol. The van der Waals surface area contributed by atoms with Crippen LogP contribution in [-0.4, -0.2) is 11.7 Å². The lowest BCUT2D eigenvalue weighted by Crippen LogP contribution is -2.15. The van der Waals surface area contributed by atoms with Crippen molar-refractivity contribution < 1.29 is 9.21 Å². The van der Waals surface area contributed by atoms with E-state index in [-0.39, 0.29) is 22.5 Å². The number of nitrogens with one attached hydrogen (secondary N) is 1. The Balaban J connectivity index is 1.76. The van der Waals surface area contributed by atoms with Crippen molar-refractivity contribution in [3.05, 3.63) is 94.1 Å². The first-order valence-corrected chi connectivity index (χ1v) is 11.1. The molecule has 0 atom stereocenters. The summed E-state index contributed by atoms with van der Waals surface area (Å²) in [4.78, 5) is 27.1. The Labute approximate surface area is 189 Å². The Morgan fingerprint density at radius 1 is 1.03 bits per heavy atom. The third-order valence-electron chi connectivity index (χ3n) is 5.03. The average Bonchev–Trinajstić information content (AvgIpc) is 2.82. The fourth-order valence-corrected chi connectivity index (χ4v) is 4.31. The molecule has 1 amide bonds. The van der Waals surface area contributed by atoms with Crippen molar-refractivity contribution in [2.24, 2.45) is 0 Å². The molecule has 3 aromatic carbocycles. The second-order valence-electron chi connectivity index (χ2n) is 7.14. The third-order valence-corrected chi connectivity index (χ3v) is 6.11.